The average molecular weight is 288 g/mol. The summed E-state index contributed by atoms with van der Waals surface area (Å²) in [4.78, 5) is 10.8. The molecule has 2 N–H and O–H groups in total. The lowest BCUT2D eigenvalue weighted by molar-refractivity contribution is 0.356. The maximum Gasteiger partial charge on any atom is 0.227 e. The molecule has 2 aromatic rings. The minimum absolute atomic E-state index is 0.407. The first-order chi connectivity index (χ1) is 9.96. The highest BCUT2D eigenvalue weighted by molar-refractivity contribution is 5.91. The van der Waals surface area contributed by atoms with Crippen molar-refractivity contribution in [2.24, 2.45) is 0 Å². The zero-order valence-corrected chi connectivity index (χ0v) is 12.8. The van der Waals surface area contributed by atoms with Crippen LogP contribution in [0.25, 0.3) is 10.9 Å². The van der Waals surface area contributed by atoms with Crippen LogP contribution in [0.3, 0.4) is 0 Å². The van der Waals surface area contributed by atoms with Gasteiger partial charge in [-0.05, 0) is 13.0 Å². The van der Waals surface area contributed by atoms with Gasteiger partial charge in [0.1, 0.15) is 5.82 Å². The van der Waals surface area contributed by atoms with Crippen LogP contribution in [0.1, 0.15) is 6.92 Å². The van der Waals surface area contributed by atoms with Crippen LogP contribution < -0.4 is 20.1 Å². The van der Waals surface area contributed by atoms with E-state index in [1.54, 1.807) is 26.4 Å². The number of nitrogens with zero attached hydrogens (tertiary/aromatic N) is 3. The second kappa shape index (κ2) is 5.87. The van der Waals surface area contributed by atoms with Crippen LogP contribution in [0.5, 0.6) is 11.5 Å². The Morgan fingerprint density at radius 1 is 1.24 bits per heavy atom. The fraction of sp³-hybridized carbons (Fsp3) is 0.333. The van der Waals surface area contributed by atoms with Gasteiger partial charge in [0.15, 0.2) is 11.5 Å². The maximum atomic E-state index is 6.04. The summed E-state index contributed by atoms with van der Waals surface area (Å²) >= 11 is 0. The van der Waals surface area contributed by atoms with Gasteiger partial charge >= 0.3 is 0 Å². The van der Waals surface area contributed by atoms with Crippen molar-refractivity contribution in [3.63, 3.8) is 0 Å². The molecule has 0 unspecified atom stereocenters. The summed E-state index contributed by atoms with van der Waals surface area (Å²) in [5, 5.41) is 0.736. The van der Waals surface area contributed by atoms with Gasteiger partial charge < -0.3 is 20.1 Å². The average Bonchev–Trinajstić information content (AvgIpc) is 2.45. The minimum atomic E-state index is 0.407. The van der Waals surface area contributed by atoms with Gasteiger partial charge in [0.2, 0.25) is 5.95 Å². The maximum absolute atomic E-state index is 6.04. The third kappa shape index (κ3) is 2.99. The summed E-state index contributed by atoms with van der Waals surface area (Å²) in [5.41, 5.74) is 7.78. The fourth-order valence-corrected chi connectivity index (χ4v) is 2.11. The number of hydrogen-bond acceptors (Lipinski definition) is 6. The number of nitrogens with two attached hydrogens (primary N) is 1. The molecule has 0 amide bonds. The molecule has 1 aromatic carbocycles. The first kappa shape index (κ1) is 14.9. The first-order valence-electron chi connectivity index (χ1n) is 6.51. The molecule has 0 radical (unpaired) electrons. The Hall–Kier alpha value is -2.50. The minimum Gasteiger partial charge on any atom is -0.493 e. The van der Waals surface area contributed by atoms with Gasteiger partial charge in [-0.3, -0.25) is 0 Å². The Balaban J connectivity index is 2.56. The number of methoxy groups -OCH3 is 2. The van der Waals surface area contributed by atoms with Gasteiger partial charge in [-0.1, -0.05) is 12.2 Å². The number of anilines is 2. The molecular formula is C15H20N4O2. The van der Waals surface area contributed by atoms with E-state index < -0.39 is 0 Å². The number of nitrogen functional groups attached to an aromatic ring is 1. The molecule has 0 saturated carbocycles. The molecule has 0 bridgehead atoms. The summed E-state index contributed by atoms with van der Waals surface area (Å²) < 4.78 is 10.6. The van der Waals surface area contributed by atoms with Crippen LogP contribution in [-0.4, -0.2) is 37.8 Å². The van der Waals surface area contributed by atoms with E-state index in [4.69, 9.17) is 15.2 Å². The van der Waals surface area contributed by atoms with Crippen LogP contribution in [0.2, 0.25) is 0 Å². The Morgan fingerprint density at radius 3 is 2.43 bits per heavy atom. The third-order valence-corrected chi connectivity index (χ3v) is 3.07. The smallest absolute Gasteiger partial charge is 0.227 e. The molecule has 0 aliphatic heterocycles. The van der Waals surface area contributed by atoms with Gasteiger partial charge in [0.05, 0.1) is 19.7 Å². The van der Waals surface area contributed by atoms with Gasteiger partial charge in [-0.2, -0.15) is 4.98 Å². The van der Waals surface area contributed by atoms with Crippen LogP contribution in [0.15, 0.2) is 24.3 Å². The molecule has 0 saturated heterocycles. The summed E-state index contributed by atoms with van der Waals surface area (Å²) in [6.45, 7) is 6.51. The lowest BCUT2D eigenvalue weighted by Crippen LogP contribution is -2.22. The molecule has 112 valence electrons. The number of aromatic nitrogens is 2. The van der Waals surface area contributed by atoms with Crippen LogP contribution >= 0.6 is 0 Å². The molecule has 0 spiro atoms. The number of benzene rings is 1. The molecule has 0 aliphatic carbocycles. The normalized spacial score (nSPS) is 10.5. The molecular weight excluding hydrogens is 268 g/mol. The third-order valence-electron chi connectivity index (χ3n) is 3.07. The molecule has 6 heteroatoms. The van der Waals surface area contributed by atoms with Crippen molar-refractivity contribution in [3.8, 4) is 11.5 Å². The summed E-state index contributed by atoms with van der Waals surface area (Å²) in [6, 6.07) is 3.58. The summed E-state index contributed by atoms with van der Waals surface area (Å²) in [7, 11) is 5.06. The van der Waals surface area contributed by atoms with Crippen LogP contribution in [-0.2, 0) is 0 Å². The fourth-order valence-electron chi connectivity index (χ4n) is 2.11. The SMILES string of the molecule is C=C(C)CN(C)c1nc(N)c2cc(OC)c(OC)cc2n1. The lowest BCUT2D eigenvalue weighted by Gasteiger charge is -2.18. The second-order valence-corrected chi connectivity index (χ2v) is 4.95. The number of rotatable bonds is 5. The summed E-state index contributed by atoms with van der Waals surface area (Å²) in [5.74, 6) is 2.17. The van der Waals surface area contributed by atoms with E-state index in [0.29, 0.717) is 35.3 Å². The van der Waals surface area contributed by atoms with E-state index >= 15 is 0 Å². The van der Waals surface area contributed by atoms with Crippen molar-refractivity contribution in [1.82, 2.24) is 9.97 Å². The van der Waals surface area contributed by atoms with E-state index in [1.807, 2.05) is 18.9 Å². The van der Waals surface area contributed by atoms with Gasteiger partial charge in [-0.25, -0.2) is 4.98 Å². The molecule has 6 nitrogen and oxygen atoms in total. The van der Waals surface area contributed by atoms with Crippen molar-refractivity contribution in [2.45, 2.75) is 6.92 Å². The van der Waals surface area contributed by atoms with E-state index in [-0.39, 0.29) is 0 Å². The molecule has 2 rings (SSSR count). The molecule has 0 fully saturated rings. The number of hydrogen-bond donors (Lipinski definition) is 1. The highest BCUT2D eigenvalue weighted by Gasteiger charge is 2.13. The molecule has 21 heavy (non-hydrogen) atoms. The van der Waals surface area contributed by atoms with Crippen molar-refractivity contribution in [3.05, 3.63) is 24.3 Å². The topological polar surface area (TPSA) is 73.5 Å². The molecule has 0 atom stereocenters. The zero-order chi connectivity index (χ0) is 15.6. The van der Waals surface area contributed by atoms with Gasteiger partial charge in [0, 0.05) is 25.0 Å². The van der Waals surface area contributed by atoms with Crippen LogP contribution in [0, 0.1) is 0 Å². The van der Waals surface area contributed by atoms with Crippen molar-refractivity contribution >= 4 is 22.7 Å². The highest BCUT2D eigenvalue weighted by atomic mass is 16.5. The Kier molecular flexibility index (Phi) is 4.16. The number of ether oxygens (including phenoxy) is 2. The van der Waals surface area contributed by atoms with Gasteiger partial charge in [0.25, 0.3) is 0 Å². The second-order valence-electron chi connectivity index (χ2n) is 4.95. The molecule has 1 aromatic heterocycles. The quantitative estimate of drug-likeness (QED) is 0.851. The van der Waals surface area contributed by atoms with Crippen LogP contribution in [0.4, 0.5) is 11.8 Å². The first-order valence-corrected chi connectivity index (χ1v) is 6.51. The predicted molar refractivity (Wildman–Crippen MR) is 85.1 cm³/mol. The van der Waals surface area contributed by atoms with E-state index in [9.17, 15) is 0 Å². The number of fused-ring (bicyclic) bond motifs is 1. The van der Waals surface area contributed by atoms with Crippen molar-refractivity contribution < 1.29 is 9.47 Å². The molecule has 1 heterocycles. The van der Waals surface area contributed by atoms with E-state index in [2.05, 4.69) is 16.5 Å². The molecule has 0 aliphatic rings. The van der Waals surface area contributed by atoms with Crippen molar-refractivity contribution in [1.29, 1.82) is 0 Å². The Bertz CT molecular complexity index is 685. The monoisotopic (exact) mass is 288 g/mol. The number of likely N-dealkylation sites (N-methyl/N-ethyl adjacent to an activating group) is 1. The highest BCUT2D eigenvalue weighted by Crippen LogP contribution is 2.33. The predicted octanol–water partition coefficient (Wildman–Crippen LogP) is 2.24. The van der Waals surface area contributed by atoms with E-state index in [1.165, 1.54) is 0 Å². The lowest BCUT2D eigenvalue weighted by atomic mass is 10.2. The largest absolute Gasteiger partial charge is 0.493 e. The zero-order valence-electron chi connectivity index (χ0n) is 12.8. The Morgan fingerprint density at radius 2 is 1.86 bits per heavy atom. The van der Waals surface area contributed by atoms with E-state index in [0.717, 1.165) is 11.0 Å². The summed E-state index contributed by atoms with van der Waals surface area (Å²) in [6.07, 6.45) is 0. The van der Waals surface area contributed by atoms with Crippen molar-refractivity contribution in [2.75, 3.05) is 38.4 Å². The Labute approximate surface area is 124 Å². The standard InChI is InChI=1S/C15H20N4O2/c1-9(2)8-19(3)15-17-11-7-13(21-5)12(20-4)6-10(11)14(16)18-15/h6-7H,1,8H2,2-5H3,(H2,16,17,18). The van der Waals surface area contributed by atoms with Gasteiger partial charge in [-0.15, -0.1) is 0 Å².